The standard InChI is InChI=1S/C51H66N12O12/c52-41(64)28-37(47(71)61-38(29-42(65)66)48(72)62-39(27-32-17-8-3-9-18-32)49(73)63-24-12-21-40(63)50(74)75)60-46(70)36(26-31-15-6-2-7-16-31)59-45(69)35(25-30-13-4-1-5-14-30)58-44(68)34(20-11-23-56-51(53)54)57-43(67)33-19-10-22-55-33/h1-9,13-18,33-40,55H,10-12,19-29H2,(H2,52,64)(H,57,67)(H,58,68)(H,59,69)(H,60,70)(H,61,71)(H,62,72)(H,65,66)(H,74,75)(H4,53,54,56)/t33-,34-,35-,36-,37-,38-,39-,40+/m0/s1. The number of aliphatic carboxylic acids is 2. The SMILES string of the molecule is N=C(N)NCCC[C@H](NC(=O)[C@@H]1CCCN1)C(=O)N[C@@H](Cc1ccccc1)C(=O)N[C@@H](Cc1ccccc1)C(=O)N[C@@H](CC(N)=O)C(=O)N[C@@H](CC(=O)O)C(=O)N[C@@H](Cc1ccccc1)C(=O)N1CCC[C@@H]1C(=O)O. The third kappa shape index (κ3) is 18.5. The molecule has 5 rings (SSSR count). The lowest BCUT2D eigenvalue weighted by molar-refractivity contribution is -0.149. The topological polar surface area (TPSA) is 387 Å². The maximum absolute atomic E-state index is 14.5. The zero-order valence-electron chi connectivity index (χ0n) is 41.3. The Morgan fingerprint density at radius 1 is 0.587 bits per heavy atom. The molecule has 0 bridgehead atoms. The fourth-order valence-corrected chi connectivity index (χ4v) is 8.79. The molecule has 8 atom stereocenters. The molecule has 15 N–H and O–H groups in total. The Bertz CT molecular complexity index is 2500. The van der Waals surface area contributed by atoms with Gasteiger partial charge >= 0.3 is 11.9 Å². The van der Waals surface area contributed by atoms with Crippen molar-refractivity contribution in [1.29, 1.82) is 5.41 Å². The van der Waals surface area contributed by atoms with Crippen LogP contribution in [0.5, 0.6) is 0 Å². The summed E-state index contributed by atoms with van der Waals surface area (Å²) in [4.78, 5) is 136. The highest BCUT2D eigenvalue weighted by molar-refractivity contribution is 5.99. The summed E-state index contributed by atoms with van der Waals surface area (Å²) in [6.45, 7) is 0.895. The summed E-state index contributed by atoms with van der Waals surface area (Å²) in [6, 6.07) is 14.5. The Kier molecular flexibility index (Phi) is 22.0. The second-order valence-electron chi connectivity index (χ2n) is 18.4. The van der Waals surface area contributed by atoms with Gasteiger partial charge in [0.05, 0.1) is 18.9 Å². The summed E-state index contributed by atoms with van der Waals surface area (Å²) < 4.78 is 0. The fourth-order valence-electron chi connectivity index (χ4n) is 8.79. The number of nitrogens with two attached hydrogens (primary N) is 2. The summed E-state index contributed by atoms with van der Waals surface area (Å²) in [6.07, 6.45) is -0.129. The Morgan fingerprint density at radius 3 is 1.49 bits per heavy atom. The van der Waals surface area contributed by atoms with Gasteiger partial charge in [-0.2, -0.15) is 0 Å². The third-order valence-electron chi connectivity index (χ3n) is 12.6. The van der Waals surface area contributed by atoms with Gasteiger partial charge in [-0.1, -0.05) is 91.0 Å². The zero-order chi connectivity index (χ0) is 54.4. The molecule has 24 nitrogen and oxygen atoms in total. The minimum Gasteiger partial charge on any atom is -0.481 e. The molecule has 0 unspecified atom stereocenters. The molecule has 2 fully saturated rings. The normalized spacial score (nSPS) is 17.3. The van der Waals surface area contributed by atoms with Crippen molar-refractivity contribution in [2.24, 2.45) is 11.5 Å². The molecule has 0 spiro atoms. The van der Waals surface area contributed by atoms with Gasteiger partial charge in [-0.3, -0.25) is 48.6 Å². The zero-order valence-corrected chi connectivity index (χ0v) is 41.3. The van der Waals surface area contributed by atoms with Gasteiger partial charge in [0.2, 0.25) is 47.3 Å². The summed E-state index contributed by atoms with van der Waals surface area (Å²) in [7, 11) is 0. The van der Waals surface area contributed by atoms with Crippen molar-refractivity contribution in [1.82, 2.24) is 47.4 Å². The molecular weight excluding hydrogens is 973 g/mol. The van der Waals surface area contributed by atoms with E-state index >= 15 is 0 Å². The molecule has 3 aromatic carbocycles. The lowest BCUT2D eigenvalue weighted by Crippen LogP contribution is -2.61. The molecule has 3 aromatic rings. The van der Waals surface area contributed by atoms with Gasteiger partial charge in [0.15, 0.2) is 5.96 Å². The van der Waals surface area contributed by atoms with E-state index in [-0.39, 0.29) is 57.6 Å². The number of nitrogens with zero attached hydrogens (tertiary/aromatic N) is 1. The van der Waals surface area contributed by atoms with Crippen LogP contribution in [0.4, 0.5) is 0 Å². The van der Waals surface area contributed by atoms with E-state index in [1.807, 2.05) is 0 Å². The number of nitrogens with one attached hydrogen (secondary N) is 9. The van der Waals surface area contributed by atoms with E-state index in [0.29, 0.717) is 36.1 Å². The average Bonchev–Trinajstić information content (AvgIpc) is 4.11. The predicted octanol–water partition coefficient (Wildman–Crippen LogP) is -1.94. The number of carbonyl (C=O) groups is 10. The highest BCUT2D eigenvalue weighted by atomic mass is 16.4. The van der Waals surface area contributed by atoms with Crippen molar-refractivity contribution in [2.75, 3.05) is 19.6 Å². The van der Waals surface area contributed by atoms with Crippen LogP contribution in [0.3, 0.4) is 0 Å². The Labute approximate surface area is 432 Å². The summed E-state index contributed by atoms with van der Waals surface area (Å²) in [5.74, 6) is -10.4. The summed E-state index contributed by atoms with van der Waals surface area (Å²) >= 11 is 0. The molecule has 0 saturated carbocycles. The number of hydrogen-bond acceptors (Lipinski definition) is 12. The minimum atomic E-state index is -1.92. The summed E-state index contributed by atoms with van der Waals surface area (Å²) in [5, 5.41) is 48.3. The van der Waals surface area contributed by atoms with Gasteiger partial charge in [0.25, 0.3) is 0 Å². The first-order chi connectivity index (χ1) is 35.9. The lowest BCUT2D eigenvalue weighted by atomic mass is 10.0. The number of likely N-dealkylation sites (tertiary alicyclic amines) is 1. The number of rotatable bonds is 28. The quantitative estimate of drug-likeness (QED) is 0.0214. The molecule has 2 saturated heterocycles. The first kappa shape index (κ1) is 57.5. The van der Waals surface area contributed by atoms with E-state index in [0.717, 1.165) is 11.3 Å². The van der Waals surface area contributed by atoms with Crippen molar-refractivity contribution < 1.29 is 58.2 Å². The minimum absolute atomic E-state index is 0.0788. The Morgan fingerprint density at radius 2 is 1.04 bits per heavy atom. The predicted molar refractivity (Wildman–Crippen MR) is 271 cm³/mol. The highest BCUT2D eigenvalue weighted by Gasteiger charge is 2.40. The van der Waals surface area contributed by atoms with Crippen molar-refractivity contribution in [3.8, 4) is 0 Å². The van der Waals surface area contributed by atoms with E-state index < -0.39 is 120 Å². The molecule has 24 heteroatoms. The van der Waals surface area contributed by atoms with Crippen LogP contribution in [-0.2, 0) is 67.2 Å². The van der Waals surface area contributed by atoms with Crippen LogP contribution in [0.1, 0.15) is 68.1 Å². The third-order valence-corrected chi connectivity index (χ3v) is 12.6. The maximum atomic E-state index is 14.5. The monoisotopic (exact) mass is 1040 g/mol. The van der Waals surface area contributed by atoms with Crippen molar-refractivity contribution in [3.05, 3.63) is 108 Å². The number of primary amides is 1. The lowest BCUT2D eigenvalue weighted by Gasteiger charge is -2.29. The van der Waals surface area contributed by atoms with E-state index in [1.54, 1.807) is 91.0 Å². The van der Waals surface area contributed by atoms with E-state index in [2.05, 4.69) is 42.5 Å². The fraction of sp³-hybridized carbons (Fsp3) is 0.431. The number of benzene rings is 3. The van der Waals surface area contributed by atoms with E-state index in [4.69, 9.17) is 16.9 Å². The van der Waals surface area contributed by atoms with Gasteiger partial charge in [0.1, 0.15) is 42.3 Å². The molecule has 0 aromatic heterocycles. The molecule has 2 heterocycles. The van der Waals surface area contributed by atoms with Gasteiger partial charge in [-0.15, -0.1) is 0 Å². The second-order valence-corrected chi connectivity index (χ2v) is 18.4. The van der Waals surface area contributed by atoms with Gasteiger partial charge in [-0.25, -0.2) is 4.79 Å². The van der Waals surface area contributed by atoms with Crippen LogP contribution < -0.4 is 54.0 Å². The second kappa shape index (κ2) is 28.7. The average molecular weight is 1040 g/mol. The van der Waals surface area contributed by atoms with Crippen molar-refractivity contribution in [2.45, 2.75) is 119 Å². The number of amides is 8. The van der Waals surface area contributed by atoms with Gasteiger partial charge < -0.3 is 69.1 Å². The number of guanidine groups is 1. The molecule has 75 heavy (non-hydrogen) atoms. The smallest absolute Gasteiger partial charge is 0.326 e. The molecule has 2 aliphatic rings. The number of carbonyl (C=O) groups excluding carboxylic acids is 8. The molecule has 0 aliphatic carbocycles. The molecule has 402 valence electrons. The van der Waals surface area contributed by atoms with E-state index in [1.165, 1.54) is 0 Å². The van der Waals surface area contributed by atoms with Crippen molar-refractivity contribution >= 4 is 65.2 Å². The van der Waals surface area contributed by atoms with Crippen molar-refractivity contribution in [3.63, 3.8) is 0 Å². The van der Waals surface area contributed by atoms with Crippen LogP contribution in [0.2, 0.25) is 0 Å². The first-order valence-corrected chi connectivity index (χ1v) is 24.7. The first-order valence-electron chi connectivity index (χ1n) is 24.7. The van der Waals surface area contributed by atoms with Crippen LogP contribution in [0.25, 0.3) is 0 Å². The van der Waals surface area contributed by atoms with Gasteiger partial charge in [-0.05, 0) is 61.8 Å². The number of carboxylic acid groups (broad SMARTS) is 2. The Hall–Kier alpha value is -8.41. The molecule has 8 amide bonds. The molecular formula is C51H66N12O12. The molecule has 2 aliphatic heterocycles. The highest BCUT2D eigenvalue weighted by Crippen LogP contribution is 2.20. The summed E-state index contributed by atoms with van der Waals surface area (Å²) in [5.41, 5.74) is 12.7. The number of hydrogen-bond donors (Lipinski definition) is 13. The largest absolute Gasteiger partial charge is 0.481 e. The van der Waals surface area contributed by atoms with Crippen LogP contribution >= 0.6 is 0 Å². The molecule has 0 radical (unpaired) electrons. The van der Waals surface area contributed by atoms with Crippen LogP contribution in [-0.4, -0.2) is 148 Å². The van der Waals surface area contributed by atoms with E-state index in [9.17, 15) is 58.2 Å². The maximum Gasteiger partial charge on any atom is 0.326 e. The number of carboxylic acids is 2. The Balaban J connectivity index is 1.39. The van der Waals surface area contributed by atoms with Gasteiger partial charge in [0, 0.05) is 32.4 Å². The van der Waals surface area contributed by atoms with Crippen LogP contribution in [0.15, 0.2) is 91.0 Å². The van der Waals surface area contributed by atoms with Crippen LogP contribution in [0, 0.1) is 5.41 Å².